The molecule has 190 valence electrons. The number of likely N-dealkylation sites (tertiary alicyclic amines) is 1. The Balaban J connectivity index is 1.61. The Hall–Kier alpha value is -2.13. The van der Waals surface area contributed by atoms with Crippen LogP contribution >= 0.6 is 0 Å². The highest BCUT2D eigenvalue weighted by Crippen LogP contribution is 2.23. The summed E-state index contributed by atoms with van der Waals surface area (Å²) in [6.45, 7) is 8.34. The summed E-state index contributed by atoms with van der Waals surface area (Å²) in [6, 6.07) is 6.32. The van der Waals surface area contributed by atoms with Crippen molar-refractivity contribution in [2.75, 3.05) is 39.8 Å². The van der Waals surface area contributed by atoms with E-state index in [0.29, 0.717) is 38.3 Å². The van der Waals surface area contributed by atoms with Crippen molar-refractivity contribution in [3.63, 3.8) is 0 Å². The van der Waals surface area contributed by atoms with Crippen LogP contribution in [0.4, 0.5) is 4.79 Å². The minimum atomic E-state index is -3.54. The standard InChI is InChI=1S/C25H39N3O5S/c1-25(2,3)33-24(30)26(4)18-20-10-9-15-27(19-20)23(29)21-11-13-22(14-12-21)34(31,32)28-16-7-5-6-8-17-28/h11-14,20H,5-10,15-19H2,1-4H3. The zero-order chi connectivity index (χ0) is 24.9. The molecule has 0 aromatic heterocycles. The Morgan fingerprint density at radius 3 is 2.21 bits per heavy atom. The second-order valence-corrected chi connectivity index (χ2v) is 12.4. The molecule has 2 fully saturated rings. The van der Waals surface area contributed by atoms with E-state index in [4.69, 9.17) is 4.74 Å². The second kappa shape index (κ2) is 11.1. The molecule has 9 heteroatoms. The van der Waals surface area contributed by atoms with Gasteiger partial charge in [0.2, 0.25) is 10.0 Å². The molecule has 2 heterocycles. The number of amides is 2. The van der Waals surface area contributed by atoms with Crippen molar-refractivity contribution in [1.29, 1.82) is 0 Å². The van der Waals surface area contributed by atoms with Crippen LogP contribution in [0, 0.1) is 5.92 Å². The monoisotopic (exact) mass is 493 g/mol. The van der Waals surface area contributed by atoms with Crippen LogP contribution in [0.15, 0.2) is 29.2 Å². The van der Waals surface area contributed by atoms with Crippen LogP contribution in [0.25, 0.3) is 0 Å². The van der Waals surface area contributed by atoms with Crippen LogP contribution in [0.3, 0.4) is 0 Å². The normalized spacial score (nSPS) is 20.5. The van der Waals surface area contributed by atoms with Crippen LogP contribution in [-0.2, 0) is 14.8 Å². The zero-order valence-corrected chi connectivity index (χ0v) is 21.8. The van der Waals surface area contributed by atoms with Crippen molar-refractivity contribution >= 4 is 22.0 Å². The summed E-state index contributed by atoms with van der Waals surface area (Å²) in [7, 11) is -1.82. The molecule has 0 bridgehead atoms. The molecule has 2 saturated heterocycles. The summed E-state index contributed by atoms with van der Waals surface area (Å²) >= 11 is 0. The van der Waals surface area contributed by atoms with E-state index in [1.165, 1.54) is 0 Å². The third kappa shape index (κ3) is 6.95. The largest absolute Gasteiger partial charge is 0.444 e. The number of nitrogens with zero attached hydrogens (tertiary/aromatic N) is 3. The lowest BCUT2D eigenvalue weighted by molar-refractivity contribution is 0.0244. The highest BCUT2D eigenvalue weighted by molar-refractivity contribution is 7.89. The quantitative estimate of drug-likeness (QED) is 0.619. The number of benzene rings is 1. The average Bonchev–Trinajstić information content (AvgIpc) is 3.08. The first-order valence-electron chi connectivity index (χ1n) is 12.3. The van der Waals surface area contributed by atoms with Crippen molar-refractivity contribution in [3.05, 3.63) is 29.8 Å². The van der Waals surface area contributed by atoms with Gasteiger partial charge < -0.3 is 14.5 Å². The van der Waals surface area contributed by atoms with Gasteiger partial charge in [-0.15, -0.1) is 0 Å². The van der Waals surface area contributed by atoms with Crippen LogP contribution in [0.1, 0.15) is 69.7 Å². The average molecular weight is 494 g/mol. The summed E-state index contributed by atoms with van der Waals surface area (Å²) in [4.78, 5) is 29.0. The van der Waals surface area contributed by atoms with Crippen LogP contribution in [-0.4, -0.2) is 79.9 Å². The van der Waals surface area contributed by atoms with Gasteiger partial charge in [0.05, 0.1) is 4.90 Å². The molecular weight excluding hydrogens is 454 g/mol. The van der Waals surface area contributed by atoms with E-state index in [1.54, 1.807) is 45.4 Å². The van der Waals surface area contributed by atoms with Gasteiger partial charge in [-0.2, -0.15) is 4.31 Å². The summed E-state index contributed by atoms with van der Waals surface area (Å²) in [5, 5.41) is 0. The first kappa shape index (κ1) is 26.5. The van der Waals surface area contributed by atoms with Crippen LogP contribution in [0.5, 0.6) is 0 Å². The number of ether oxygens (including phenoxy) is 1. The third-order valence-electron chi connectivity index (χ3n) is 6.35. The molecule has 1 atom stereocenters. The molecule has 8 nitrogen and oxygen atoms in total. The summed E-state index contributed by atoms with van der Waals surface area (Å²) < 4.78 is 33.0. The van der Waals surface area contributed by atoms with Crippen LogP contribution in [0.2, 0.25) is 0 Å². The smallest absolute Gasteiger partial charge is 0.410 e. The molecule has 3 rings (SSSR count). The number of hydrogen-bond donors (Lipinski definition) is 0. The van der Waals surface area contributed by atoms with Gasteiger partial charge in [0, 0.05) is 45.3 Å². The topological polar surface area (TPSA) is 87.2 Å². The van der Waals surface area contributed by atoms with E-state index in [0.717, 1.165) is 38.5 Å². The van der Waals surface area contributed by atoms with E-state index in [2.05, 4.69) is 0 Å². The molecule has 0 N–H and O–H groups in total. The molecule has 0 saturated carbocycles. The molecule has 0 radical (unpaired) electrons. The molecule has 1 aromatic rings. The lowest BCUT2D eigenvalue weighted by Gasteiger charge is -2.35. The van der Waals surface area contributed by atoms with Crippen molar-refractivity contribution < 1.29 is 22.7 Å². The second-order valence-electron chi connectivity index (χ2n) is 10.5. The lowest BCUT2D eigenvalue weighted by atomic mass is 9.97. The van der Waals surface area contributed by atoms with E-state index in [-0.39, 0.29) is 22.8 Å². The van der Waals surface area contributed by atoms with Crippen molar-refractivity contribution in [3.8, 4) is 0 Å². The van der Waals surface area contributed by atoms with Crippen molar-refractivity contribution in [1.82, 2.24) is 14.1 Å². The maximum absolute atomic E-state index is 13.1. The fraction of sp³-hybridized carbons (Fsp3) is 0.680. The maximum atomic E-state index is 13.1. The predicted molar refractivity (Wildman–Crippen MR) is 131 cm³/mol. The fourth-order valence-electron chi connectivity index (χ4n) is 4.58. The number of carbonyl (C=O) groups is 2. The van der Waals surface area contributed by atoms with Crippen LogP contribution < -0.4 is 0 Å². The van der Waals surface area contributed by atoms with E-state index in [1.807, 2.05) is 20.8 Å². The maximum Gasteiger partial charge on any atom is 0.410 e. The van der Waals surface area contributed by atoms with Gasteiger partial charge in [0.1, 0.15) is 5.60 Å². The number of rotatable bonds is 5. The Kier molecular flexibility index (Phi) is 8.62. The van der Waals surface area contributed by atoms with Gasteiger partial charge in [-0.05, 0) is 76.6 Å². The first-order valence-corrected chi connectivity index (χ1v) is 13.7. The van der Waals surface area contributed by atoms with Gasteiger partial charge in [0.25, 0.3) is 5.91 Å². The zero-order valence-electron chi connectivity index (χ0n) is 21.0. The molecule has 2 aliphatic heterocycles. The Labute approximate surface area is 204 Å². The first-order chi connectivity index (χ1) is 16.0. The van der Waals surface area contributed by atoms with Gasteiger partial charge in [-0.1, -0.05) is 12.8 Å². The van der Waals surface area contributed by atoms with Gasteiger partial charge in [-0.3, -0.25) is 4.79 Å². The van der Waals surface area contributed by atoms with E-state index >= 15 is 0 Å². The molecule has 0 spiro atoms. The third-order valence-corrected chi connectivity index (χ3v) is 8.26. The van der Waals surface area contributed by atoms with Gasteiger partial charge in [0.15, 0.2) is 0 Å². The summed E-state index contributed by atoms with van der Waals surface area (Å²) in [5.41, 5.74) is -0.0665. The molecule has 1 unspecified atom stereocenters. The fourth-order valence-corrected chi connectivity index (χ4v) is 6.10. The lowest BCUT2D eigenvalue weighted by Crippen LogP contribution is -2.45. The number of hydrogen-bond acceptors (Lipinski definition) is 5. The predicted octanol–water partition coefficient (Wildman–Crippen LogP) is 3.97. The minimum absolute atomic E-state index is 0.108. The number of carbonyl (C=O) groups excluding carboxylic acids is 2. The molecule has 1 aromatic carbocycles. The molecule has 2 aliphatic rings. The SMILES string of the molecule is CN(CC1CCCN(C(=O)c2ccc(S(=O)(=O)N3CCCCCC3)cc2)C1)C(=O)OC(C)(C)C. The minimum Gasteiger partial charge on any atom is -0.444 e. The molecule has 2 amide bonds. The summed E-state index contributed by atoms with van der Waals surface area (Å²) in [5.74, 6) is 0.0567. The van der Waals surface area contributed by atoms with Crippen molar-refractivity contribution in [2.24, 2.45) is 5.92 Å². The van der Waals surface area contributed by atoms with Crippen molar-refractivity contribution in [2.45, 2.75) is 69.8 Å². The number of piperidine rings is 1. The van der Waals surface area contributed by atoms with Gasteiger partial charge >= 0.3 is 6.09 Å². The van der Waals surface area contributed by atoms with E-state index < -0.39 is 15.6 Å². The Morgan fingerprint density at radius 2 is 1.62 bits per heavy atom. The molecule has 34 heavy (non-hydrogen) atoms. The highest BCUT2D eigenvalue weighted by atomic mass is 32.2. The Bertz CT molecular complexity index is 948. The van der Waals surface area contributed by atoms with Gasteiger partial charge in [-0.25, -0.2) is 13.2 Å². The summed E-state index contributed by atoms with van der Waals surface area (Å²) in [6.07, 6.45) is 5.32. The highest BCUT2D eigenvalue weighted by Gasteiger charge is 2.29. The molecular formula is C25H39N3O5S. The number of sulfonamides is 1. The Morgan fingerprint density at radius 1 is 1.00 bits per heavy atom. The molecule has 0 aliphatic carbocycles. The van der Waals surface area contributed by atoms with E-state index in [9.17, 15) is 18.0 Å².